The fraction of sp³-hybridized carbons (Fsp3) is 0.375. The van der Waals surface area contributed by atoms with Crippen molar-refractivity contribution in [3.05, 3.63) is 57.3 Å². The summed E-state index contributed by atoms with van der Waals surface area (Å²) in [6, 6.07) is 8.31. The zero-order valence-corrected chi connectivity index (χ0v) is 19.9. The standard InChI is InChI=1S/C24H25BrN4O3/c1-13-6-4-5-7-16(13)21(15-8-10-32-11-9-15)29-20-14(2)17(25)12-26-18(20)22-23(29)19(24(30)31)27-28(22)3/h4-7,12,15,21H,8-11H2,1-3H3,(H,30,31). The van der Waals surface area contributed by atoms with Gasteiger partial charge in [0.05, 0.1) is 11.6 Å². The fourth-order valence-electron chi connectivity index (χ4n) is 5.13. The van der Waals surface area contributed by atoms with Crippen LogP contribution < -0.4 is 0 Å². The first kappa shape index (κ1) is 21.2. The predicted octanol–water partition coefficient (Wildman–Crippen LogP) is 5.02. The number of aromatic nitrogens is 4. The molecule has 32 heavy (non-hydrogen) atoms. The maximum atomic E-state index is 12.3. The van der Waals surface area contributed by atoms with Crippen molar-refractivity contribution in [1.29, 1.82) is 0 Å². The van der Waals surface area contributed by atoms with E-state index < -0.39 is 5.97 Å². The second-order valence-electron chi connectivity index (χ2n) is 8.52. The van der Waals surface area contributed by atoms with Crippen LogP contribution in [0, 0.1) is 19.8 Å². The van der Waals surface area contributed by atoms with Crippen molar-refractivity contribution in [3.63, 3.8) is 0 Å². The highest BCUT2D eigenvalue weighted by Gasteiger charge is 2.34. The van der Waals surface area contributed by atoms with Crippen molar-refractivity contribution < 1.29 is 14.6 Å². The first-order valence-electron chi connectivity index (χ1n) is 10.8. The lowest BCUT2D eigenvalue weighted by molar-refractivity contribution is 0.0550. The Kier molecular flexibility index (Phi) is 5.29. The molecule has 5 rings (SSSR count). The van der Waals surface area contributed by atoms with E-state index >= 15 is 0 Å². The molecule has 1 fully saturated rings. The van der Waals surface area contributed by atoms with Crippen LogP contribution in [-0.4, -0.2) is 43.6 Å². The molecule has 1 aliphatic heterocycles. The van der Waals surface area contributed by atoms with E-state index in [1.807, 2.05) is 6.07 Å². The number of aromatic carboxylic acids is 1. The molecular weight excluding hydrogens is 472 g/mol. The highest BCUT2D eigenvalue weighted by atomic mass is 79.9. The summed E-state index contributed by atoms with van der Waals surface area (Å²) in [7, 11) is 1.79. The Bertz CT molecular complexity index is 1350. The minimum absolute atomic E-state index is 0.0571. The molecule has 8 heteroatoms. The number of rotatable bonds is 4. The minimum atomic E-state index is -1.04. The SMILES string of the molecule is Cc1ccccc1C(C1CCOCC1)n1c2c(C)c(Br)cnc2c2c1c(C(=O)O)nn2C. The summed E-state index contributed by atoms with van der Waals surface area (Å²) in [6.45, 7) is 5.58. The van der Waals surface area contributed by atoms with E-state index in [1.54, 1.807) is 17.9 Å². The van der Waals surface area contributed by atoms with Gasteiger partial charge in [0.2, 0.25) is 0 Å². The maximum Gasteiger partial charge on any atom is 0.358 e. The molecule has 1 N–H and O–H groups in total. The number of pyridine rings is 1. The molecule has 1 saturated heterocycles. The number of hydrogen-bond donors (Lipinski definition) is 1. The minimum Gasteiger partial charge on any atom is -0.476 e. The zero-order valence-electron chi connectivity index (χ0n) is 18.3. The molecule has 0 bridgehead atoms. The van der Waals surface area contributed by atoms with Gasteiger partial charge in [0.25, 0.3) is 0 Å². The Morgan fingerprint density at radius 3 is 2.59 bits per heavy atom. The number of fused-ring (bicyclic) bond motifs is 3. The van der Waals surface area contributed by atoms with Crippen molar-refractivity contribution >= 4 is 44.0 Å². The number of carbonyl (C=O) groups is 1. The fourth-order valence-corrected chi connectivity index (χ4v) is 5.42. The van der Waals surface area contributed by atoms with Crippen molar-refractivity contribution in [2.45, 2.75) is 32.7 Å². The van der Waals surface area contributed by atoms with E-state index in [4.69, 9.17) is 9.72 Å². The topological polar surface area (TPSA) is 82.2 Å². The molecule has 0 spiro atoms. The number of carboxylic acid groups (broad SMARTS) is 1. The predicted molar refractivity (Wildman–Crippen MR) is 126 cm³/mol. The van der Waals surface area contributed by atoms with Gasteiger partial charge in [0, 0.05) is 30.9 Å². The van der Waals surface area contributed by atoms with Gasteiger partial charge in [-0.2, -0.15) is 5.10 Å². The number of nitrogens with zero attached hydrogens (tertiary/aromatic N) is 4. The lowest BCUT2D eigenvalue weighted by Gasteiger charge is -2.34. The molecule has 1 atom stereocenters. The molecule has 3 aromatic heterocycles. The summed E-state index contributed by atoms with van der Waals surface area (Å²) in [5, 5.41) is 14.4. The molecule has 0 radical (unpaired) electrons. The van der Waals surface area contributed by atoms with E-state index in [9.17, 15) is 9.90 Å². The summed E-state index contributed by atoms with van der Waals surface area (Å²) in [5.41, 5.74) is 6.56. The Labute approximate surface area is 194 Å². The van der Waals surface area contributed by atoms with Crippen LogP contribution in [-0.2, 0) is 11.8 Å². The number of aryl methyl sites for hydroxylation is 3. The van der Waals surface area contributed by atoms with Gasteiger partial charge in [-0.15, -0.1) is 0 Å². The Morgan fingerprint density at radius 1 is 1.19 bits per heavy atom. The molecule has 0 saturated carbocycles. The summed E-state index contributed by atoms with van der Waals surface area (Å²) in [6.07, 6.45) is 3.60. The van der Waals surface area contributed by atoms with Gasteiger partial charge in [-0.05, 0) is 65.2 Å². The van der Waals surface area contributed by atoms with E-state index in [2.05, 4.69) is 57.6 Å². The molecule has 4 heterocycles. The number of ether oxygens (including phenoxy) is 1. The molecule has 1 unspecified atom stereocenters. The highest BCUT2D eigenvalue weighted by Crippen LogP contribution is 2.43. The Balaban J connectivity index is 1.95. The number of carboxylic acids is 1. The number of halogens is 1. The molecule has 166 valence electrons. The van der Waals surface area contributed by atoms with E-state index in [0.29, 0.717) is 24.6 Å². The van der Waals surface area contributed by atoms with Crippen molar-refractivity contribution in [1.82, 2.24) is 19.3 Å². The first-order valence-corrected chi connectivity index (χ1v) is 11.6. The average molecular weight is 497 g/mol. The second kappa shape index (κ2) is 8.01. The third-order valence-electron chi connectivity index (χ3n) is 6.67. The third kappa shape index (κ3) is 3.16. The van der Waals surface area contributed by atoms with Crippen LogP contribution in [0.3, 0.4) is 0 Å². The third-order valence-corrected chi connectivity index (χ3v) is 7.47. The lowest BCUT2D eigenvalue weighted by Crippen LogP contribution is -2.28. The van der Waals surface area contributed by atoms with Crippen molar-refractivity contribution in [3.8, 4) is 0 Å². The van der Waals surface area contributed by atoms with E-state index in [1.165, 1.54) is 11.1 Å². The normalized spacial score (nSPS) is 16.1. The number of hydrogen-bond acceptors (Lipinski definition) is 4. The lowest BCUT2D eigenvalue weighted by atomic mass is 9.84. The van der Waals surface area contributed by atoms with Crippen LogP contribution in [0.1, 0.15) is 46.1 Å². The van der Waals surface area contributed by atoms with Crippen LogP contribution >= 0.6 is 15.9 Å². The highest BCUT2D eigenvalue weighted by molar-refractivity contribution is 9.10. The molecule has 7 nitrogen and oxygen atoms in total. The van der Waals surface area contributed by atoms with Gasteiger partial charge < -0.3 is 14.4 Å². The van der Waals surface area contributed by atoms with Gasteiger partial charge in [-0.3, -0.25) is 9.67 Å². The van der Waals surface area contributed by atoms with Gasteiger partial charge in [-0.1, -0.05) is 24.3 Å². The Hall–Kier alpha value is -2.71. The van der Waals surface area contributed by atoms with E-state index in [-0.39, 0.29) is 11.7 Å². The van der Waals surface area contributed by atoms with Crippen molar-refractivity contribution in [2.24, 2.45) is 13.0 Å². The van der Waals surface area contributed by atoms with Crippen molar-refractivity contribution in [2.75, 3.05) is 13.2 Å². The van der Waals surface area contributed by atoms with E-state index in [0.717, 1.165) is 39.4 Å². The monoisotopic (exact) mass is 496 g/mol. The van der Waals surface area contributed by atoms with Crippen LogP contribution in [0.2, 0.25) is 0 Å². The summed E-state index contributed by atoms with van der Waals surface area (Å²) in [5.74, 6) is -0.740. The van der Waals surface area contributed by atoms with Crippen LogP contribution in [0.5, 0.6) is 0 Å². The summed E-state index contributed by atoms with van der Waals surface area (Å²) < 4.78 is 10.4. The van der Waals surface area contributed by atoms with Crippen LogP contribution in [0.25, 0.3) is 22.1 Å². The zero-order chi connectivity index (χ0) is 22.6. The average Bonchev–Trinajstić information content (AvgIpc) is 3.30. The Morgan fingerprint density at radius 2 is 1.91 bits per heavy atom. The van der Waals surface area contributed by atoms with Crippen LogP contribution in [0.4, 0.5) is 0 Å². The van der Waals surface area contributed by atoms with Gasteiger partial charge in [0.15, 0.2) is 5.69 Å². The molecule has 1 aromatic carbocycles. The molecule has 0 aliphatic carbocycles. The van der Waals surface area contributed by atoms with Gasteiger partial charge >= 0.3 is 5.97 Å². The number of benzene rings is 1. The molecule has 4 aromatic rings. The van der Waals surface area contributed by atoms with Gasteiger partial charge in [0.1, 0.15) is 16.6 Å². The maximum absolute atomic E-state index is 12.3. The summed E-state index contributed by atoms with van der Waals surface area (Å²) >= 11 is 3.64. The molecule has 0 amide bonds. The molecule has 1 aliphatic rings. The summed E-state index contributed by atoms with van der Waals surface area (Å²) in [4.78, 5) is 17.0. The molecular formula is C24H25BrN4O3. The smallest absolute Gasteiger partial charge is 0.358 e. The van der Waals surface area contributed by atoms with Gasteiger partial charge in [-0.25, -0.2) is 4.79 Å². The van der Waals surface area contributed by atoms with Crippen LogP contribution in [0.15, 0.2) is 34.9 Å². The first-order chi connectivity index (χ1) is 15.4. The quantitative estimate of drug-likeness (QED) is 0.429. The largest absolute Gasteiger partial charge is 0.476 e. The second-order valence-corrected chi connectivity index (χ2v) is 9.38.